The van der Waals surface area contributed by atoms with Crippen LogP contribution in [0.1, 0.15) is 50.9 Å². The van der Waals surface area contributed by atoms with E-state index < -0.39 is 5.60 Å². The third-order valence-corrected chi connectivity index (χ3v) is 7.72. The van der Waals surface area contributed by atoms with Gasteiger partial charge < -0.3 is 10.1 Å². The number of amides is 1. The lowest BCUT2D eigenvalue weighted by Crippen LogP contribution is -2.56. The average Bonchev–Trinajstić information content (AvgIpc) is 2.73. The van der Waals surface area contributed by atoms with Crippen LogP contribution in [0.4, 0.5) is 0 Å². The summed E-state index contributed by atoms with van der Waals surface area (Å²) in [5.41, 5.74) is 2.98. The largest absolute Gasteiger partial charge is 0.368 e. The van der Waals surface area contributed by atoms with Crippen molar-refractivity contribution in [3.63, 3.8) is 0 Å². The van der Waals surface area contributed by atoms with Crippen molar-refractivity contribution in [3.8, 4) is 0 Å². The quantitative estimate of drug-likeness (QED) is 0.747. The van der Waals surface area contributed by atoms with Gasteiger partial charge in [-0.1, -0.05) is 25.5 Å². The topological polar surface area (TPSA) is 67.3 Å². The highest BCUT2D eigenvalue weighted by atomic mass is 16.5. The third-order valence-electron chi connectivity index (χ3n) is 7.72. The molecule has 158 valence electrons. The van der Waals surface area contributed by atoms with Crippen molar-refractivity contribution >= 4 is 5.91 Å². The van der Waals surface area contributed by atoms with Gasteiger partial charge in [-0.3, -0.25) is 19.7 Å². The van der Waals surface area contributed by atoms with Gasteiger partial charge in [0.1, 0.15) is 5.60 Å². The van der Waals surface area contributed by atoms with E-state index in [2.05, 4.69) is 40.1 Å². The minimum absolute atomic E-state index is 0.0399. The summed E-state index contributed by atoms with van der Waals surface area (Å²) in [6.45, 7) is 9.95. The molecule has 6 nitrogen and oxygen atoms in total. The standard InChI is InChI=1S/C23H34N4O2/c1-16-12-25-19(13-24-16)14-26-21(28)23(29-4)7-9-27(10-8-23)15-17-5-6-18-11-20(17)22(18,2)3/h5,12-13,18,20H,6-11,14-15H2,1-4H3,(H,26,28)/t18-,20-/m0/s1. The highest BCUT2D eigenvalue weighted by Gasteiger charge is 2.51. The SMILES string of the molecule is COC1(C(=O)NCc2cnc(C)cn2)CCN(CC2=CC[C@H]3C[C@@H]2C3(C)C)CC1. The monoisotopic (exact) mass is 398 g/mol. The van der Waals surface area contributed by atoms with E-state index in [4.69, 9.17) is 4.74 Å². The van der Waals surface area contributed by atoms with E-state index in [1.54, 1.807) is 25.1 Å². The zero-order valence-electron chi connectivity index (χ0n) is 18.2. The van der Waals surface area contributed by atoms with Gasteiger partial charge >= 0.3 is 0 Å². The predicted molar refractivity (Wildman–Crippen MR) is 112 cm³/mol. The molecule has 0 radical (unpaired) electrons. The molecule has 0 spiro atoms. The van der Waals surface area contributed by atoms with E-state index >= 15 is 0 Å². The lowest BCUT2D eigenvalue weighted by molar-refractivity contribution is -0.149. The molecule has 0 aromatic carbocycles. The van der Waals surface area contributed by atoms with Gasteiger partial charge in [-0.2, -0.15) is 0 Å². The Labute approximate surface area is 174 Å². The zero-order chi connectivity index (χ0) is 20.6. The minimum Gasteiger partial charge on any atom is -0.368 e. The number of hydrogen-bond acceptors (Lipinski definition) is 5. The molecular formula is C23H34N4O2. The summed E-state index contributed by atoms with van der Waals surface area (Å²) in [5, 5.41) is 3.00. The fourth-order valence-corrected chi connectivity index (χ4v) is 5.35. The number of carbonyl (C=O) groups excluding carboxylic acids is 1. The molecule has 2 atom stereocenters. The molecule has 4 aliphatic rings. The van der Waals surface area contributed by atoms with Crippen molar-refractivity contribution in [1.82, 2.24) is 20.2 Å². The summed E-state index contributed by atoms with van der Waals surface area (Å²) in [7, 11) is 1.65. The second kappa shape index (κ2) is 7.80. The highest BCUT2D eigenvalue weighted by molar-refractivity contribution is 5.85. The molecule has 1 aromatic heterocycles. The summed E-state index contributed by atoms with van der Waals surface area (Å²) in [6, 6.07) is 0. The Balaban J connectivity index is 1.31. The molecule has 6 heteroatoms. The lowest BCUT2D eigenvalue weighted by atomic mass is 9.49. The first kappa shape index (κ1) is 20.5. The van der Waals surface area contributed by atoms with Crippen molar-refractivity contribution in [3.05, 3.63) is 35.4 Å². The minimum atomic E-state index is -0.740. The van der Waals surface area contributed by atoms with Gasteiger partial charge in [0, 0.05) is 32.9 Å². The number of nitrogens with one attached hydrogen (secondary N) is 1. The lowest BCUT2D eigenvalue weighted by Gasteiger charge is -2.57. The number of rotatable bonds is 6. The molecule has 2 fully saturated rings. The number of likely N-dealkylation sites (tertiary alicyclic amines) is 1. The van der Waals surface area contributed by atoms with Gasteiger partial charge in [-0.25, -0.2) is 0 Å². The van der Waals surface area contributed by atoms with Crippen LogP contribution in [0.5, 0.6) is 0 Å². The van der Waals surface area contributed by atoms with Crippen LogP contribution in [-0.4, -0.2) is 53.1 Å². The first-order valence-corrected chi connectivity index (χ1v) is 10.9. The van der Waals surface area contributed by atoms with Crippen molar-refractivity contribution in [1.29, 1.82) is 0 Å². The van der Waals surface area contributed by atoms with Gasteiger partial charge in [0.05, 0.1) is 24.1 Å². The first-order chi connectivity index (χ1) is 13.8. The maximum absolute atomic E-state index is 12.9. The van der Waals surface area contributed by atoms with Gasteiger partial charge in [0.15, 0.2) is 0 Å². The van der Waals surface area contributed by atoms with Crippen LogP contribution in [0.15, 0.2) is 24.0 Å². The Morgan fingerprint density at radius 1 is 1.28 bits per heavy atom. The van der Waals surface area contributed by atoms with Crippen LogP contribution in [0, 0.1) is 24.2 Å². The Morgan fingerprint density at radius 2 is 2.03 bits per heavy atom. The molecule has 3 aliphatic carbocycles. The van der Waals surface area contributed by atoms with Gasteiger partial charge in [-0.15, -0.1) is 0 Å². The number of carbonyl (C=O) groups is 1. The van der Waals surface area contributed by atoms with E-state index in [-0.39, 0.29) is 5.91 Å². The Bertz CT molecular complexity index is 779. The number of fused-ring (bicyclic) bond motifs is 1. The maximum atomic E-state index is 12.9. The number of aromatic nitrogens is 2. The van der Waals surface area contributed by atoms with Gasteiger partial charge in [-0.05, 0) is 49.9 Å². The molecule has 0 unspecified atom stereocenters. The van der Waals surface area contributed by atoms with Crippen molar-refractivity contribution in [2.45, 2.75) is 58.6 Å². The van der Waals surface area contributed by atoms with Crippen molar-refractivity contribution in [2.24, 2.45) is 17.3 Å². The number of ether oxygens (including phenoxy) is 1. The average molecular weight is 399 g/mol. The van der Waals surface area contributed by atoms with E-state index in [1.807, 2.05) is 6.92 Å². The van der Waals surface area contributed by atoms with Crippen molar-refractivity contribution in [2.75, 3.05) is 26.7 Å². The third kappa shape index (κ3) is 3.84. The van der Waals surface area contributed by atoms with E-state index in [9.17, 15) is 4.79 Å². The van der Waals surface area contributed by atoms with Gasteiger partial charge in [0.25, 0.3) is 5.91 Å². The molecule has 1 saturated heterocycles. The normalized spacial score (nSPS) is 27.7. The second-order valence-corrected chi connectivity index (χ2v) is 9.63. The molecule has 29 heavy (non-hydrogen) atoms. The molecule has 1 aromatic rings. The van der Waals surface area contributed by atoms with E-state index in [0.29, 0.717) is 12.0 Å². The smallest absolute Gasteiger partial charge is 0.252 e. The predicted octanol–water partition coefficient (Wildman–Crippen LogP) is 2.87. The maximum Gasteiger partial charge on any atom is 0.252 e. The molecule has 1 aliphatic heterocycles. The molecular weight excluding hydrogens is 364 g/mol. The molecule has 5 rings (SSSR count). The van der Waals surface area contributed by atoms with Crippen LogP contribution in [-0.2, 0) is 16.1 Å². The number of methoxy groups -OCH3 is 1. The summed E-state index contributed by atoms with van der Waals surface area (Å²) in [6.07, 6.45) is 9.95. The fourth-order valence-electron chi connectivity index (χ4n) is 5.35. The second-order valence-electron chi connectivity index (χ2n) is 9.63. The van der Waals surface area contributed by atoms with Crippen LogP contribution in [0.25, 0.3) is 0 Å². The first-order valence-electron chi connectivity index (χ1n) is 10.9. The number of allylic oxidation sites excluding steroid dienone is 1. The summed E-state index contributed by atoms with van der Waals surface area (Å²) < 4.78 is 5.76. The molecule has 1 saturated carbocycles. The number of aryl methyl sites for hydroxylation is 1. The van der Waals surface area contributed by atoms with Gasteiger partial charge in [0.2, 0.25) is 0 Å². The van der Waals surface area contributed by atoms with Crippen LogP contribution in [0.2, 0.25) is 0 Å². The van der Waals surface area contributed by atoms with Crippen LogP contribution >= 0.6 is 0 Å². The zero-order valence-corrected chi connectivity index (χ0v) is 18.2. The Morgan fingerprint density at radius 3 is 2.62 bits per heavy atom. The number of nitrogens with zero attached hydrogens (tertiary/aromatic N) is 3. The Kier molecular flexibility index (Phi) is 5.51. The molecule has 1 amide bonds. The summed E-state index contributed by atoms with van der Waals surface area (Å²) in [4.78, 5) is 24.0. The fraction of sp³-hybridized carbons (Fsp3) is 0.696. The van der Waals surface area contributed by atoms with Crippen LogP contribution in [0.3, 0.4) is 0 Å². The molecule has 2 heterocycles. The van der Waals surface area contributed by atoms with E-state index in [1.165, 1.54) is 12.8 Å². The Hall–Kier alpha value is -1.79. The number of piperidine rings is 1. The highest BCUT2D eigenvalue weighted by Crippen LogP contribution is 2.59. The molecule has 2 bridgehead atoms. The van der Waals surface area contributed by atoms with Crippen LogP contribution < -0.4 is 5.32 Å². The summed E-state index contributed by atoms with van der Waals surface area (Å²) in [5.74, 6) is 1.58. The van der Waals surface area contributed by atoms with Crippen molar-refractivity contribution < 1.29 is 9.53 Å². The molecule has 1 N–H and O–H groups in total. The van der Waals surface area contributed by atoms with E-state index in [0.717, 1.165) is 55.7 Å². The summed E-state index contributed by atoms with van der Waals surface area (Å²) >= 11 is 0. The number of hydrogen-bond donors (Lipinski definition) is 1.